The van der Waals surface area contributed by atoms with Gasteiger partial charge in [-0.1, -0.05) is 30.3 Å². The van der Waals surface area contributed by atoms with Crippen LogP contribution in [0.4, 0.5) is 0 Å². The van der Waals surface area contributed by atoms with Gasteiger partial charge < -0.3 is 4.74 Å². The average Bonchev–Trinajstić information content (AvgIpc) is 2.42. The first-order valence-corrected chi connectivity index (χ1v) is 7.15. The minimum absolute atomic E-state index is 0.200. The number of Topliss-reactive ketones (excluding diaryl/α,β-unsaturated/α-hetero) is 1. The minimum Gasteiger partial charge on any atom is -0.496 e. The Morgan fingerprint density at radius 3 is 2.42 bits per heavy atom. The van der Waals surface area contributed by atoms with Crippen LogP contribution in [0.25, 0.3) is 0 Å². The molecule has 0 aliphatic rings. The normalized spacial score (nSPS) is 10.2. The number of ketones is 1. The maximum absolute atomic E-state index is 12.1. The number of hydrogen-bond acceptors (Lipinski definition) is 2. The zero-order valence-electron chi connectivity index (χ0n) is 10.7. The van der Waals surface area contributed by atoms with Crippen molar-refractivity contribution in [2.75, 3.05) is 7.11 Å². The molecule has 0 saturated carbocycles. The van der Waals surface area contributed by atoms with Crippen LogP contribution in [0.2, 0.25) is 0 Å². The second-order valence-electron chi connectivity index (χ2n) is 4.33. The third kappa shape index (κ3) is 4.06. The molecule has 2 aromatic rings. The van der Waals surface area contributed by atoms with Crippen LogP contribution in [0.5, 0.6) is 5.75 Å². The van der Waals surface area contributed by atoms with Crippen molar-refractivity contribution in [3.63, 3.8) is 0 Å². The highest BCUT2D eigenvalue weighted by Gasteiger charge is 2.09. The fraction of sp³-hybridized carbons (Fsp3) is 0.188. The molecule has 0 radical (unpaired) electrons. The van der Waals surface area contributed by atoms with Crippen molar-refractivity contribution >= 4 is 28.4 Å². The van der Waals surface area contributed by atoms with Gasteiger partial charge in [-0.2, -0.15) is 0 Å². The summed E-state index contributed by atoms with van der Waals surface area (Å²) in [5.41, 5.74) is 2.00. The number of carbonyl (C=O) groups is 1. The Bertz CT molecular complexity index is 561. The van der Waals surface area contributed by atoms with E-state index in [0.717, 1.165) is 16.9 Å². The third-order valence-electron chi connectivity index (χ3n) is 2.89. The van der Waals surface area contributed by atoms with E-state index in [9.17, 15) is 4.79 Å². The highest BCUT2D eigenvalue weighted by atomic mass is 127. The first kappa shape index (κ1) is 14.1. The molecular formula is C16H15IO2. The summed E-state index contributed by atoms with van der Waals surface area (Å²) in [6, 6.07) is 15.7. The molecule has 0 heterocycles. The van der Waals surface area contributed by atoms with E-state index in [1.807, 2.05) is 48.5 Å². The van der Waals surface area contributed by atoms with Crippen molar-refractivity contribution in [2.45, 2.75) is 12.8 Å². The van der Waals surface area contributed by atoms with Crippen LogP contribution in [0.3, 0.4) is 0 Å². The Kier molecular flexibility index (Phi) is 4.96. The number of para-hydroxylation sites is 1. The number of ether oxygens (including phenoxy) is 1. The highest BCUT2D eigenvalue weighted by molar-refractivity contribution is 14.1. The highest BCUT2D eigenvalue weighted by Crippen LogP contribution is 2.18. The molecule has 0 bridgehead atoms. The number of benzene rings is 2. The van der Waals surface area contributed by atoms with E-state index >= 15 is 0 Å². The Balaban J connectivity index is 2.03. The average molecular weight is 366 g/mol. The lowest BCUT2D eigenvalue weighted by atomic mass is 10.0. The Hall–Kier alpha value is -1.36. The fourth-order valence-corrected chi connectivity index (χ4v) is 2.31. The van der Waals surface area contributed by atoms with Gasteiger partial charge in [0.05, 0.1) is 7.11 Å². The summed E-state index contributed by atoms with van der Waals surface area (Å²) in [4.78, 5) is 12.1. The molecule has 3 heteroatoms. The molecule has 0 fully saturated rings. The quantitative estimate of drug-likeness (QED) is 0.756. The van der Waals surface area contributed by atoms with Crippen LogP contribution < -0.4 is 4.74 Å². The smallest absolute Gasteiger partial charge is 0.141 e. The molecule has 0 aliphatic carbocycles. The van der Waals surface area contributed by atoms with Crippen LogP contribution in [-0.2, 0) is 17.6 Å². The van der Waals surface area contributed by atoms with Gasteiger partial charge in [-0.15, -0.1) is 0 Å². The maximum atomic E-state index is 12.1. The third-order valence-corrected chi connectivity index (χ3v) is 3.61. The molecule has 0 amide bonds. The van der Waals surface area contributed by atoms with Crippen molar-refractivity contribution < 1.29 is 9.53 Å². The zero-order chi connectivity index (χ0) is 13.7. The molecule has 0 saturated heterocycles. The monoisotopic (exact) mass is 366 g/mol. The fourth-order valence-electron chi connectivity index (χ4n) is 1.95. The summed E-state index contributed by atoms with van der Waals surface area (Å²) in [6.45, 7) is 0. The van der Waals surface area contributed by atoms with Crippen LogP contribution >= 0.6 is 22.6 Å². The van der Waals surface area contributed by atoms with Gasteiger partial charge in [-0.3, -0.25) is 4.79 Å². The molecule has 2 rings (SSSR count). The SMILES string of the molecule is COc1ccccc1CC(=O)Cc1ccc(I)cc1. The van der Waals surface area contributed by atoms with Crippen LogP contribution in [0.15, 0.2) is 48.5 Å². The van der Waals surface area contributed by atoms with Gasteiger partial charge in [0.15, 0.2) is 0 Å². The number of carbonyl (C=O) groups excluding carboxylic acids is 1. The first-order valence-electron chi connectivity index (χ1n) is 6.07. The molecule has 19 heavy (non-hydrogen) atoms. The lowest BCUT2D eigenvalue weighted by Crippen LogP contribution is -2.07. The molecule has 0 spiro atoms. The summed E-state index contributed by atoms with van der Waals surface area (Å²) in [7, 11) is 1.63. The van der Waals surface area contributed by atoms with Crippen molar-refractivity contribution in [1.82, 2.24) is 0 Å². The topological polar surface area (TPSA) is 26.3 Å². The zero-order valence-corrected chi connectivity index (χ0v) is 12.9. The van der Waals surface area contributed by atoms with Gasteiger partial charge in [0.25, 0.3) is 0 Å². The Labute approximate surface area is 126 Å². The van der Waals surface area contributed by atoms with E-state index in [-0.39, 0.29) is 5.78 Å². The predicted molar refractivity (Wildman–Crippen MR) is 84.6 cm³/mol. The van der Waals surface area contributed by atoms with Crippen LogP contribution in [-0.4, -0.2) is 12.9 Å². The molecule has 0 aromatic heterocycles. The van der Waals surface area contributed by atoms with E-state index in [1.165, 1.54) is 3.57 Å². The van der Waals surface area contributed by atoms with Gasteiger partial charge >= 0.3 is 0 Å². The number of hydrogen-bond donors (Lipinski definition) is 0. The lowest BCUT2D eigenvalue weighted by molar-refractivity contribution is -0.117. The largest absolute Gasteiger partial charge is 0.496 e. The molecule has 98 valence electrons. The summed E-state index contributed by atoms with van der Waals surface area (Å²) in [6.07, 6.45) is 0.880. The standard InChI is InChI=1S/C16H15IO2/c1-19-16-5-3-2-4-13(16)11-15(18)10-12-6-8-14(17)9-7-12/h2-9H,10-11H2,1H3. The van der Waals surface area contributed by atoms with E-state index in [2.05, 4.69) is 22.6 Å². The van der Waals surface area contributed by atoms with E-state index < -0.39 is 0 Å². The summed E-state index contributed by atoms with van der Waals surface area (Å²) >= 11 is 2.26. The lowest BCUT2D eigenvalue weighted by Gasteiger charge is -2.07. The molecule has 2 nitrogen and oxygen atoms in total. The van der Waals surface area contributed by atoms with Gasteiger partial charge in [0.2, 0.25) is 0 Å². The van der Waals surface area contributed by atoms with Gasteiger partial charge in [0, 0.05) is 22.0 Å². The molecule has 0 N–H and O–H groups in total. The van der Waals surface area contributed by atoms with E-state index in [0.29, 0.717) is 12.8 Å². The van der Waals surface area contributed by atoms with Crippen molar-refractivity contribution in [1.29, 1.82) is 0 Å². The predicted octanol–water partition coefficient (Wildman–Crippen LogP) is 3.65. The Morgan fingerprint density at radius 1 is 1.05 bits per heavy atom. The van der Waals surface area contributed by atoms with Crippen molar-refractivity contribution in [3.05, 3.63) is 63.2 Å². The van der Waals surface area contributed by atoms with E-state index in [4.69, 9.17) is 4.74 Å². The second kappa shape index (κ2) is 6.70. The van der Waals surface area contributed by atoms with Crippen molar-refractivity contribution in [3.8, 4) is 5.75 Å². The molecule has 2 aromatic carbocycles. The molecule has 0 aliphatic heterocycles. The summed E-state index contributed by atoms with van der Waals surface area (Å²) in [5, 5.41) is 0. The Morgan fingerprint density at radius 2 is 1.74 bits per heavy atom. The summed E-state index contributed by atoms with van der Waals surface area (Å²) in [5.74, 6) is 0.976. The maximum Gasteiger partial charge on any atom is 0.141 e. The van der Waals surface area contributed by atoms with Gasteiger partial charge in [-0.05, 0) is 46.4 Å². The van der Waals surface area contributed by atoms with Gasteiger partial charge in [0.1, 0.15) is 11.5 Å². The number of methoxy groups -OCH3 is 1. The first-order chi connectivity index (χ1) is 9.19. The van der Waals surface area contributed by atoms with Gasteiger partial charge in [-0.25, -0.2) is 0 Å². The number of halogens is 1. The molecule has 0 unspecified atom stereocenters. The van der Waals surface area contributed by atoms with E-state index in [1.54, 1.807) is 7.11 Å². The van der Waals surface area contributed by atoms with Crippen molar-refractivity contribution in [2.24, 2.45) is 0 Å². The summed E-state index contributed by atoms with van der Waals surface area (Å²) < 4.78 is 6.44. The molecular weight excluding hydrogens is 351 g/mol. The van der Waals surface area contributed by atoms with Crippen LogP contribution in [0.1, 0.15) is 11.1 Å². The number of rotatable bonds is 5. The second-order valence-corrected chi connectivity index (χ2v) is 5.58. The minimum atomic E-state index is 0.200. The van der Waals surface area contributed by atoms with Crippen LogP contribution in [0, 0.1) is 3.57 Å². The molecule has 0 atom stereocenters.